The first-order chi connectivity index (χ1) is 8.51. The predicted octanol–water partition coefficient (Wildman–Crippen LogP) is 4.10. The van der Waals surface area contributed by atoms with E-state index in [4.69, 9.17) is 11.6 Å². The highest BCUT2D eigenvalue weighted by Crippen LogP contribution is 2.43. The summed E-state index contributed by atoms with van der Waals surface area (Å²) in [6, 6.07) is 2.94. The van der Waals surface area contributed by atoms with Gasteiger partial charge in [0.25, 0.3) is 0 Å². The van der Waals surface area contributed by atoms with Crippen LogP contribution in [0, 0.1) is 5.82 Å². The van der Waals surface area contributed by atoms with Gasteiger partial charge in [-0.15, -0.1) is 11.8 Å². The topological polar surface area (TPSA) is 37.3 Å². The van der Waals surface area contributed by atoms with Gasteiger partial charge in [-0.2, -0.15) is 0 Å². The number of thioether (sulfide) groups is 1. The van der Waals surface area contributed by atoms with E-state index in [-0.39, 0.29) is 0 Å². The molecule has 98 valence electrons. The summed E-state index contributed by atoms with van der Waals surface area (Å²) in [6.45, 7) is 0. The number of aliphatic carboxylic acids is 1. The molecule has 1 fully saturated rings. The largest absolute Gasteiger partial charge is 0.481 e. The van der Waals surface area contributed by atoms with Gasteiger partial charge in [0.15, 0.2) is 0 Å². The maximum atomic E-state index is 13.9. The molecule has 2 rings (SSSR count). The summed E-state index contributed by atoms with van der Waals surface area (Å²) in [7, 11) is 0. The molecule has 0 unspecified atom stereocenters. The third-order valence-corrected chi connectivity index (χ3v) is 4.85. The Morgan fingerprint density at radius 1 is 1.44 bits per heavy atom. The van der Waals surface area contributed by atoms with Gasteiger partial charge in [0, 0.05) is 0 Å². The third-order valence-electron chi connectivity index (χ3n) is 3.62. The summed E-state index contributed by atoms with van der Waals surface area (Å²) in [5, 5.41) is 9.75. The minimum absolute atomic E-state index is 0.296. The Balaban J connectivity index is 2.53. The fraction of sp³-hybridized carbons (Fsp3) is 0.462. The monoisotopic (exact) mass is 288 g/mol. The van der Waals surface area contributed by atoms with Crippen LogP contribution in [0.5, 0.6) is 0 Å². The average molecular weight is 289 g/mol. The van der Waals surface area contributed by atoms with Gasteiger partial charge in [0.05, 0.1) is 15.3 Å². The minimum atomic E-state index is -0.957. The van der Waals surface area contributed by atoms with E-state index in [2.05, 4.69) is 0 Å². The molecule has 0 bridgehead atoms. The minimum Gasteiger partial charge on any atom is -0.481 e. The van der Waals surface area contributed by atoms with Crippen molar-refractivity contribution in [3.8, 4) is 0 Å². The highest BCUT2D eigenvalue weighted by atomic mass is 35.5. The van der Waals surface area contributed by atoms with Crippen LogP contribution in [0.4, 0.5) is 4.39 Å². The molecule has 0 atom stereocenters. The Kier molecular flexibility index (Phi) is 3.87. The van der Waals surface area contributed by atoms with Crippen LogP contribution < -0.4 is 0 Å². The summed E-state index contributed by atoms with van der Waals surface area (Å²) in [5.41, 5.74) is -0.464. The molecule has 0 heterocycles. The van der Waals surface area contributed by atoms with Crippen molar-refractivity contribution in [2.75, 3.05) is 6.26 Å². The maximum Gasteiger partial charge on any atom is 0.314 e. The second-order valence-electron chi connectivity index (χ2n) is 4.57. The van der Waals surface area contributed by atoms with Crippen molar-refractivity contribution in [3.63, 3.8) is 0 Å². The Labute approximate surface area is 115 Å². The van der Waals surface area contributed by atoms with E-state index in [0.29, 0.717) is 28.3 Å². The first-order valence-corrected chi connectivity index (χ1v) is 7.38. The number of hydrogen-bond acceptors (Lipinski definition) is 2. The van der Waals surface area contributed by atoms with Crippen LogP contribution in [-0.4, -0.2) is 17.3 Å². The summed E-state index contributed by atoms with van der Waals surface area (Å²) in [5.74, 6) is -1.31. The van der Waals surface area contributed by atoms with Crippen LogP contribution in [0.2, 0.25) is 5.02 Å². The molecule has 1 aromatic rings. The standard InChI is InChI=1S/C13H14ClFO2S/c1-18-11-9(14)6-8(7-10(11)15)13(12(16)17)4-2-3-5-13/h6-7H,2-5H2,1H3,(H,16,17). The van der Waals surface area contributed by atoms with Crippen LogP contribution >= 0.6 is 23.4 Å². The Morgan fingerprint density at radius 3 is 2.50 bits per heavy atom. The van der Waals surface area contributed by atoms with Crippen LogP contribution in [-0.2, 0) is 10.2 Å². The number of carboxylic acid groups (broad SMARTS) is 1. The van der Waals surface area contributed by atoms with Crippen LogP contribution in [0.3, 0.4) is 0 Å². The van der Waals surface area contributed by atoms with E-state index < -0.39 is 17.2 Å². The van der Waals surface area contributed by atoms with Gasteiger partial charge in [-0.25, -0.2) is 4.39 Å². The van der Waals surface area contributed by atoms with Crippen molar-refractivity contribution >= 4 is 29.3 Å². The second-order valence-corrected chi connectivity index (χ2v) is 5.79. The van der Waals surface area contributed by atoms with Gasteiger partial charge in [-0.1, -0.05) is 24.4 Å². The normalized spacial score (nSPS) is 17.9. The van der Waals surface area contributed by atoms with Gasteiger partial charge < -0.3 is 5.11 Å². The molecule has 1 aromatic carbocycles. The van der Waals surface area contributed by atoms with E-state index >= 15 is 0 Å². The molecule has 5 heteroatoms. The van der Waals surface area contributed by atoms with Crippen molar-refractivity contribution in [2.45, 2.75) is 36.0 Å². The van der Waals surface area contributed by atoms with Crippen LogP contribution in [0.1, 0.15) is 31.2 Å². The predicted molar refractivity (Wildman–Crippen MR) is 71.0 cm³/mol. The number of rotatable bonds is 3. The lowest BCUT2D eigenvalue weighted by molar-refractivity contribution is -0.143. The second kappa shape index (κ2) is 5.10. The SMILES string of the molecule is CSc1c(F)cc(C2(C(=O)O)CCCC2)cc1Cl. The lowest BCUT2D eigenvalue weighted by atomic mass is 9.79. The molecular weight excluding hydrogens is 275 g/mol. The quantitative estimate of drug-likeness (QED) is 0.851. The van der Waals surface area contributed by atoms with E-state index in [1.165, 1.54) is 17.8 Å². The maximum absolute atomic E-state index is 13.9. The zero-order valence-corrected chi connectivity index (χ0v) is 11.6. The summed E-state index contributed by atoms with van der Waals surface area (Å²) in [6.07, 6.45) is 4.56. The average Bonchev–Trinajstić information content (AvgIpc) is 2.78. The highest BCUT2D eigenvalue weighted by Gasteiger charge is 2.43. The molecule has 0 amide bonds. The van der Waals surface area contributed by atoms with Gasteiger partial charge in [0.1, 0.15) is 5.82 Å². The number of hydrogen-bond donors (Lipinski definition) is 1. The van der Waals surface area contributed by atoms with E-state index in [1.807, 2.05) is 0 Å². The van der Waals surface area contributed by atoms with Crippen molar-refractivity contribution in [1.29, 1.82) is 0 Å². The fourth-order valence-electron chi connectivity index (χ4n) is 2.64. The molecule has 0 spiro atoms. The molecule has 0 saturated heterocycles. The van der Waals surface area contributed by atoms with E-state index in [1.54, 1.807) is 12.3 Å². The molecule has 1 aliphatic carbocycles. The molecule has 0 aliphatic heterocycles. The third kappa shape index (κ3) is 2.12. The Bertz CT molecular complexity index is 461. The van der Waals surface area contributed by atoms with Gasteiger partial charge >= 0.3 is 5.97 Å². The van der Waals surface area contributed by atoms with Gasteiger partial charge in [0.2, 0.25) is 0 Å². The van der Waals surface area contributed by atoms with Crippen molar-refractivity contribution in [1.82, 2.24) is 0 Å². The van der Waals surface area contributed by atoms with Crippen LogP contribution in [0.25, 0.3) is 0 Å². The molecule has 0 radical (unpaired) electrons. The first kappa shape index (κ1) is 13.7. The molecule has 18 heavy (non-hydrogen) atoms. The van der Waals surface area contributed by atoms with E-state index in [9.17, 15) is 14.3 Å². The molecule has 2 nitrogen and oxygen atoms in total. The van der Waals surface area contributed by atoms with Crippen molar-refractivity contribution in [3.05, 3.63) is 28.5 Å². The summed E-state index contributed by atoms with van der Waals surface area (Å²) >= 11 is 7.25. The molecule has 1 saturated carbocycles. The molecular formula is C13H14ClFO2S. The molecule has 0 aromatic heterocycles. The Morgan fingerprint density at radius 2 is 2.06 bits per heavy atom. The summed E-state index contributed by atoms with van der Waals surface area (Å²) < 4.78 is 13.9. The van der Waals surface area contributed by atoms with Crippen LogP contribution in [0.15, 0.2) is 17.0 Å². The van der Waals surface area contributed by atoms with Gasteiger partial charge in [-0.05, 0) is 36.8 Å². The highest BCUT2D eigenvalue weighted by molar-refractivity contribution is 7.98. The summed E-state index contributed by atoms with van der Waals surface area (Å²) in [4.78, 5) is 11.9. The first-order valence-electron chi connectivity index (χ1n) is 5.78. The smallest absolute Gasteiger partial charge is 0.314 e. The molecule has 1 N–H and O–H groups in total. The molecule has 1 aliphatic rings. The lowest BCUT2D eigenvalue weighted by Gasteiger charge is -2.25. The number of halogens is 2. The van der Waals surface area contributed by atoms with Crippen molar-refractivity contribution in [2.24, 2.45) is 0 Å². The van der Waals surface area contributed by atoms with E-state index in [0.717, 1.165) is 12.8 Å². The number of carboxylic acids is 1. The Hall–Kier alpha value is -0.740. The number of benzene rings is 1. The lowest BCUT2D eigenvalue weighted by Crippen LogP contribution is -2.32. The fourth-order valence-corrected chi connectivity index (χ4v) is 3.58. The van der Waals surface area contributed by atoms with Crippen molar-refractivity contribution < 1.29 is 14.3 Å². The zero-order chi connectivity index (χ0) is 13.3. The number of carbonyl (C=O) groups is 1. The zero-order valence-electron chi connectivity index (χ0n) is 10.0. The van der Waals surface area contributed by atoms with Gasteiger partial charge in [-0.3, -0.25) is 4.79 Å².